The SMILES string of the molecule is CC(C)CNC(=O)N1CCN(c2nc3ccccc3n2C)CC1. The summed E-state index contributed by atoms with van der Waals surface area (Å²) >= 11 is 0. The van der Waals surface area contributed by atoms with Gasteiger partial charge in [-0.1, -0.05) is 26.0 Å². The smallest absolute Gasteiger partial charge is 0.317 e. The number of rotatable bonds is 3. The van der Waals surface area contributed by atoms with Gasteiger partial charge in [0.2, 0.25) is 5.95 Å². The Morgan fingerprint density at radius 1 is 1.22 bits per heavy atom. The van der Waals surface area contributed by atoms with Gasteiger partial charge < -0.3 is 19.7 Å². The fraction of sp³-hybridized carbons (Fsp3) is 0.529. The van der Waals surface area contributed by atoms with Crippen molar-refractivity contribution >= 4 is 23.0 Å². The second-order valence-corrected chi connectivity index (χ2v) is 6.51. The number of imidazole rings is 1. The minimum atomic E-state index is 0.0448. The summed E-state index contributed by atoms with van der Waals surface area (Å²) in [5.74, 6) is 1.45. The van der Waals surface area contributed by atoms with Crippen LogP contribution in [-0.2, 0) is 7.05 Å². The van der Waals surface area contributed by atoms with Crippen molar-refractivity contribution in [2.45, 2.75) is 13.8 Å². The van der Waals surface area contributed by atoms with Crippen LogP contribution in [0, 0.1) is 5.92 Å². The van der Waals surface area contributed by atoms with E-state index in [0.717, 1.165) is 49.7 Å². The molecule has 2 amide bonds. The Morgan fingerprint density at radius 2 is 1.91 bits per heavy atom. The first-order valence-electron chi connectivity index (χ1n) is 8.25. The van der Waals surface area contributed by atoms with Crippen molar-refractivity contribution in [1.82, 2.24) is 19.8 Å². The topological polar surface area (TPSA) is 53.4 Å². The number of carbonyl (C=O) groups excluding carboxylic acids is 1. The minimum Gasteiger partial charge on any atom is -0.339 e. The molecule has 23 heavy (non-hydrogen) atoms. The van der Waals surface area contributed by atoms with Crippen LogP contribution < -0.4 is 10.2 Å². The van der Waals surface area contributed by atoms with Crippen LogP contribution in [-0.4, -0.2) is 53.2 Å². The maximum absolute atomic E-state index is 12.1. The van der Waals surface area contributed by atoms with Crippen LogP contribution in [0.25, 0.3) is 11.0 Å². The highest BCUT2D eigenvalue weighted by Gasteiger charge is 2.23. The molecule has 1 N–H and O–H groups in total. The number of carbonyl (C=O) groups is 1. The summed E-state index contributed by atoms with van der Waals surface area (Å²) in [5.41, 5.74) is 2.15. The average Bonchev–Trinajstić information content (AvgIpc) is 2.90. The lowest BCUT2D eigenvalue weighted by atomic mass is 10.2. The third kappa shape index (κ3) is 3.25. The zero-order chi connectivity index (χ0) is 16.4. The normalized spacial score (nSPS) is 15.5. The summed E-state index contributed by atoms with van der Waals surface area (Å²) in [5, 5.41) is 2.99. The van der Waals surface area contributed by atoms with Crippen molar-refractivity contribution in [2.75, 3.05) is 37.6 Å². The number of hydrogen-bond acceptors (Lipinski definition) is 3. The van der Waals surface area contributed by atoms with Crippen LogP contribution in [0.4, 0.5) is 10.7 Å². The van der Waals surface area contributed by atoms with Gasteiger partial charge in [0.25, 0.3) is 0 Å². The molecule has 1 aliphatic rings. The molecular formula is C17H25N5O. The maximum atomic E-state index is 12.1. The molecule has 0 aliphatic carbocycles. The Bertz CT molecular complexity index is 685. The number of piperazine rings is 1. The van der Waals surface area contributed by atoms with E-state index in [-0.39, 0.29) is 6.03 Å². The number of amides is 2. The first-order valence-corrected chi connectivity index (χ1v) is 8.25. The van der Waals surface area contributed by atoms with Crippen molar-refractivity contribution in [2.24, 2.45) is 13.0 Å². The number of fused-ring (bicyclic) bond motifs is 1. The van der Waals surface area contributed by atoms with E-state index in [1.165, 1.54) is 0 Å². The van der Waals surface area contributed by atoms with Crippen molar-refractivity contribution in [1.29, 1.82) is 0 Å². The second-order valence-electron chi connectivity index (χ2n) is 6.51. The van der Waals surface area contributed by atoms with E-state index >= 15 is 0 Å². The highest BCUT2D eigenvalue weighted by atomic mass is 16.2. The number of hydrogen-bond donors (Lipinski definition) is 1. The van der Waals surface area contributed by atoms with Gasteiger partial charge in [0.05, 0.1) is 11.0 Å². The Morgan fingerprint density at radius 3 is 2.57 bits per heavy atom. The Balaban J connectivity index is 1.64. The lowest BCUT2D eigenvalue weighted by molar-refractivity contribution is 0.193. The standard InChI is InChI=1S/C17H25N5O/c1-13(2)12-18-17(23)22-10-8-21(9-11-22)16-19-14-6-4-5-7-15(14)20(16)3/h4-7,13H,8-12H2,1-3H3,(H,18,23). The third-order valence-electron chi connectivity index (χ3n) is 4.27. The Kier molecular flexibility index (Phi) is 4.41. The van der Waals surface area contributed by atoms with Gasteiger partial charge in [-0.05, 0) is 18.1 Å². The molecular weight excluding hydrogens is 290 g/mol. The van der Waals surface area contributed by atoms with Crippen molar-refractivity contribution < 1.29 is 4.79 Å². The Labute approximate surface area is 137 Å². The molecule has 1 aromatic heterocycles. The summed E-state index contributed by atoms with van der Waals surface area (Å²) in [6, 6.07) is 8.21. The molecule has 1 saturated heterocycles. The molecule has 0 bridgehead atoms. The molecule has 6 nitrogen and oxygen atoms in total. The van der Waals surface area contributed by atoms with E-state index in [0.29, 0.717) is 5.92 Å². The molecule has 2 heterocycles. The second kappa shape index (κ2) is 6.48. The highest BCUT2D eigenvalue weighted by molar-refractivity contribution is 5.79. The molecule has 2 aromatic rings. The van der Waals surface area contributed by atoms with Crippen molar-refractivity contribution in [3.05, 3.63) is 24.3 Å². The number of benzene rings is 1. The fourth-order valence-electron chi connectivity index (χ4n) is 2.93. The van der Waals surface area contributed by atoms with Gasteiger partial charge in [-0.25, -0.2) is 9.78 Å². The molecule has 1 aliphatic heterocycles. The van der Waals surface area contributed by atoms with Gasteiger partial charge in [0.1, 0.15) is 0 Å². The number of anilines is 1. The average molecular weight is 315 g/mol. The number of aromatic nitrogens is 2. The zero-order valence-electron chi connectivity index (χ0n) is 14.1. The van der Waals surface area contributed by atoms with Crippen LogP contribution >= 0.6 is 0 Å². The molecule has 0 spiro atoms. The molecule has 3 rings (SSSR count). The molecule has 6 heteroatoms. The van der Waals surface area contributed by atoms with E-state index in [1.807, 2.05) is 30.1 Å². The van der Waals surface area contributed by atoms with Gasteiger partial charge >= 0.3 is 6.03 Å². The number of nitrogens with one attached hydrogen (secondary N) is 1. The number of nitrogens with zero attached hydrogens (tertiary/aromatic N) is 4. The number of aryl methyl sites for hydroxylation is 1. The highest BCUT2D eigenvalue weighted by Crippen LogP contribution is 2.21. The van der Waals surface area contributed by atoms with E-state index < -0.39 is 0 Å². The van der Waals surface area contributed by atoms with E-state index in [2.05, 4.69) is 34.7 Å². The summed E-state index contributed by atoms with van der Waals surface area (Å²) in [6.07, 6.45) is 0. The summed E-state index contributed by atoms with van der Waals surface area (Å²) in [6.45, 7) is 8.01. The minimum absolute atomic E-state index is 0.0448. The largest absolute Gasteiger partial charge is 0.339 e. The predicted molar refractivity (Wildman–Crippen MR) is 92.7 cm³/mol. The summed E-state index contributed by atoms with van der Waals surface area (Å²) in [4.78, 5) is 21.0. The van der Waals surface area contributed by atoms with Crippen LogP contribution in [0.2, 0.25) is 0 Å². The van der Waals surface area contributed by atoms with Crippen LogP contribution in [0.3, 0.4) is 0 Å². The molecule has 0 atom stereocenters. The maximum Gasteiger partial charge on any atom is 0.317 e. The molecule has 124 valence electrons. The monoisotopic (exact) mass is 315 g/mol. The number of urea groups is 1. The van der Waals surface area contributed by atoms with Crippen LogP contribution in [0.5, 0.6) is 0 Å². The van der Waals surface area contributed by atoms with Crippen LogP contribution in [0.15, 0.2) is 24.3 Å². The van der Waals surface area contributed by atoms with Gasteiger partial charge in [0.15, 0.2) is 0 Å². The molecule has 0 radical (unpaired) electrons. The third-order valence-corrected chi connectivity index (χ3v) is 4.27. The quantitative estimate of drug-likeness (QED) is 0.943. The van der Waals surface area contributed by atoms with Gasteiger partial charge in [-0.2, -0.15) is 0 Å². The lowest BCUT2D eigenvalue weighted by Gasteiger charge is -2.35. The fourth-order valence-corrected chi connectivity index (χ4v) is 2.93. The first kappa shape index (κ1) is 15.6. The van der Waals surface area contributed by atoms with E-state index in [4.69, 9.17) is 4.98 Å². The predicted octanol–water partition coefficient (Wildman–Crippen LogP) is 2.06. The molecule has 0 saturated carbocycles. The molecule has 1 aromatic carbocycles. The van der Waals surface area contributed by atoms with Gasteiger partial charge in [0, 0.05) is 39.8 Å². The lowest BCUT2D eigenvalue weighted by Crippen LogP contribution is -2.52. The van der Waals surface area contributed by atoms with Crippen molar-refractivity contribution in [3.8, 4) is 0 Å². The molecule has 0 unspecified atom stereocenters. The summed E-state index contributed by atoms with van der Waals surface area (Å²) in [7, 11) is 2.05. The summed E-state index contributed by atoms with van der Waals surface area (Å²) < 4.78 is 2.13. The molecule has 1 fully saturated rings. The first-order chi connectivity index (χ1) is 11.1. The van der Waals surface area contributed by atoms with Gasteiger partial charge in [-0.15, -0.1) is 0 Å². The Hall–Kier alpha value is -2.24. The van der Waals surface area contributed by atoms with E-state index in [1.54, 1.807) is 0 Å². The van der Waals surface area contributed by atoms with Crippen molar-refractivity contribution in [3.63, 3.8) is 0 Å². The zero-order valence-corrected chi connectivity index (χ0v) is 14.1. The van der Waals surface area contributed by atoms with Gasteiger partial charge in [-0.3, -0.25) is 0 Å². The van der Waals surface area contributed by atoms with E-state index in [9.17, 15) is 4.79 Å². The number of para-hydroxylation sites is 2. The van der Waals surface area contributed by atoms with Crippen LogP contribution in [0.1, 0.15) is 13.8 Å².